The van der Waals surface area contributed by atoms with Crippen LogP contribution >= 0.6 is 22.6 Å². The number of amides is 2. The van der Waals surface area contributed by atoms with Crippen LogP contribution in [0.2, 0.25) is 0 Å². The number of imide groups is 1. The number of rotatable bonds is 6. The quantitative estimate of drug-likeness (QED) is 0.320. The number of fused-ring (bicyclic) bond motifs is 3. The Morgan fingerprint density at radius 1 is 1.31 bits per heavy atom. The van der Waals surface area contributed by atoms with Gasteiger partial charge in [-0.1, -0.05) is 11.6 Å². The maximum Gasteiger partial charge on any atom is 0.233 e. The van der Waals surface area contributed by atoms with E-state index in [0.29, 0.717) is 18.8 Å². The lowest BCUT2D eigenvalue weighted by atomic mass is 9.69. The second-order valence-electron chi connectivity index (χ2n) is 8.80. The summed E-state index contributed by atoms with van der Waals surface area (Å²) in [4.78, 5) is 26.4. The van der Waals surface area contributed by atoms with Crippen molar-refractivity contribution in [1.29, 1.82) is 0 Å². The third-order valence-electron chi connectivity index (χ3n) is 6.90. The molecule has 4 rings (SSSR count). The van der Waals surface area contributed by atoms with Crippen LogP contribution in [0.15, 0.2) is 28.9 Å². The molecule has 32 heavy (non-hydrogen) atoms. The first kappa shape index (κ1) is 23.3. The average molecular weight is 553 g/mol. The Balaban J connectivity index is 1.51. The zero-order valence-electron chi connectivity index (χ0n) is 18.4. The normalized spacial score (nSPS) is 27.8. The Hall–Kier alpha value is -1.91. The summed E-state index contributed by atoms with van der Waals surface area (Å²) >= 11 is 2.08. The number of likely N-dealkylation sites (tertiary alicyclic amines) is 1. The zero-order chi connectivity index (χ0) is 23.2. The van der Waals surface area contributed by atoms with Crippen LogP contribution in [0.5, 0.6) is 11.5 Å². The van der Waals surface area contributed by atoms with Crippen molar-refractivity contribution in [3.05, 3.63) is 38.0 Å². The predicted molar refractivity (Wildman–Crippen MR) is 127 cm³/mol. The first-order valence-corrected chi connectivity index (χ1v) is 11.8. The number of phenolic OH excluding ortho intramolecular Hbond substituents is 1. The van der Waals surface area contributed by atoms with Crippen molar-refractivity contribution >= 4 is 40.5 Å². The molecule has 1 aliphatic carbocycles. The number of allylic oxidation sites excluding steroid dienone is 1. The summed E-state index contributed by atoms with van der Waals surface area (Å²) in [6.45, 7) is 2.35. The summed E-state index contributed by atoms with van der Waals surface area (Å²) in [7, 11) is 3.07. The van der Waals surface area contributed by atoms with Crippen molar-refractivity contribution in [3.63, 3.8) is 0 Å². The molecule has 1 aromatic carbocycles. The van der Waals surface area contributed by atoms with Gasteiger partial charge in [-0.25, -0.2) is 0 Å². The number of hydrogen-bond acceptors (Lipinski definition) is 6. The second kappa shape index (κ2) is 9.15. The standard InChI is InChI=1S/C24H28INO6/c1-12(6-13-7-17(25)22(28)19(8-13)31-3)4-5-18-20-14(10-27)9-15-21(16(20)11-32-18)24(30)26(2)23(15)29/h6-8,15-16,18,21,27-28H,4-5,9-11H2,1-3H3/b12-6+/t15-,16+,18-,21-/m1/s1. The lowest BCUT2D eigenvalue weighted by Gasteiger charge is -2.31. The van der Waals surface area contributed by atoms with Gasteiger partial charge in [0.1, 0.15) is 0 Å². The number of ether oxygens (including phenoxy) is 2. The zero-order valence-corrected chi connectivity index (χ0v) is 20.6. The molecular formula is C24H28INO6. The topological polar surface area (TPSA) is 96.3 Å². The Kier molecular flexibility index (Phi) is 6.65. The number of aliphatic hydroxyl groups excluding tert-OH is 1. The summed E-state index contributed by atoms with van der Waals surface area (Å²) in [5.41, 5.74) is 3.97. The highest BCUT2D eigenvalue weighted by Crippen LogP contribution is 2.49. The van der Waals surface area contributed by atoms with E-state index in [4.69, 9.17) is 9.47 Å². The summed E-state index contributed by atoms with van der Waals surface area (Å²) < 4.78 is 12.1. The molecule has 8 heteroatoms. The van der Waals surface area contributed by atoms with E-state index in [2.05, 4.69) is 28.7 Å². The second-order valence-corrected chi connectivity index (χ2v) is 9.96. The minimum Gasteiger partial charge on any atom is -0.504 e. The number of halogens is 1. The minimum atomic E-state index is -0.376. The SMILES string of the molecule is COc1cc(/C=C(\C)CC[C@H]2OC[C@H]3C2=C(CO)C[C@H]2C(=O)N(C)C(=O)[C@H]23)cc(I)c1O. The van der Waals surface area contributed by atoms with Crippen LogP contribution in [-0.2, 0) is 14.3 Å². The Labute approximate surface area is 201 Å². The third kappa shape index (κ3) is 3.97. The van der Waals surface area contributed by atoms with Crippen molar-refractivity contribution in [2.75, 3.05) is 27.4 Å². The van der Waals surface area contributed by atoms with Crippen molar-refractivity contribution in [3.8, 4) is 11.5 Å². The molecule has 2 heterocycles. The molecule has 0 unspecified atom stereocenters. The number of aliphatic hydroxyl groups is 1. The first-order valence-electron chi connectivity index (χ1n) is 10.8. The van der Waals surface area contributed by atoms with E-state index >= 15 is 0 Å². The third-order valence-corrected chi connectivity index (χ3v) is 7.73. The smallest absolute Gasteiger partial charge is 0.233 e. The van der Waals surface area contributed by atoms with Crippen molar-refractivity contribution < 1.29 is 29.3 Å². The van der Waals surface area contributed by atoms with Crippen LogP contribution < -0.4 is 4.74 Å². The van der Waals surface area contributed by atoms with Gasteiger partial charge in [-0.05, 0) is 77.6 Å². The fourth-order valence-electron chi connectivity index (χ4n) is 5.32. The van der Waals surface area contributed by atoms with E-state index in [-0.39, 0.29) is 48.0 Å². The maximum absolute atomic E-state index is 12.7. The van der Waals surface area contributed by atoms with E-state index in [1.807, 2.05) is 13.0 Å². The molecule has 172 valence electrons. The molecule has 3 aliphatic rings. The van der Waals surface area contributed by atoms with E-state index < -0.39 is 0 Å². The van der Waals surface area contributed by atoms with Crippen LogP contribution in [0, 0.1) is 21.3 Å². The number of nitrogens with zero attached hydrogens (tertiary/aromatic N) is 1. The number of methoxy groups -OCH3 is 1. The lowest BCUT2D eigenvalue weighted by molar-refractivity contribution is -0.138. The molecular weight excluding hydrogens is 525 g/mol. The summed E-state index contributed by atoms with van der Waals surface area (Å²) in [6.07, 6.45) is 3.85. The fourth-order valence-corrected chi connectivity index (χ4v) is 5.95. The van der Waals surface area contributed by atoms with Crippen molar-refractivity contribution in [1.82, 2.24) is 4.90 Å². The molecule has 2 saturated heterocycles. The van der Waals surface area contributed by atoms with E-state index in [9.17, 15) is 19.8 Å². The minimum absolute atomic E-state index is 0.110. The Morgan fingerprint density at radius 3 is 2.75 bits per heavy atom. The fraction of sp³-hybridized carbons (Fsp3) is 0.500. The number of benzene rings is 1. The Bertz CT molecular complexity index is 1020. The van der Waals surface area contributed by atoms with Gasteiger partial charge < -0.3 is 19.7 Å². The molecule has 0 spiro atoms. The molecule has 1 aromatic rings. The highest BCUT2D eigenvalue weighted by molar-refractivity contribution is 14.1. The first-order chi connectivity index (χ1) is 15.3. The van der Waals surface area contributed by atoms with Gasteiger partial charge in [0.15, 0.2) is 11.5 Å². The molecule has 2 N–H and O–H groups in total. The monoisotopic (exact) mass is 553 g/mol. The van der Waals surface area contributed by atoms with Crippen molar-refractivity contribution in [2.45, 2.75) is 32.3 Å². The van der Waals surface area contributed by atoms with E-state index in [0.717, 1.165) is 38.7 Å². The average Bonchev–Trinajstić information content (AvgIpc) is 3.29. The van der Waals surface area contributed by atoms with Gasteiger partial charge in [-0.2, -0.15) is 0 Å². The van der Waals surface area contributed by atoms with Gasteiger partial charge in [-0.15, -0.1) is 0 Å². The van der Waals surface area contributed by atoms with Gasteiger partial charge in [0.05, 0.1) is 41.8 Å². The largest absolute Gasteiger partial charge is 0.504 e. The van der Waals surface area contributed by atoms with Crippen LogP contribution in [0.25, 0.3) is 6.08 Å². The van der Waals surface area contributed by atoms with Crippen LogP contribution in [0.4, 0.5) is 0 Å². The number of aromatic hydroxyl groups is 1. The van der Waals surface area contributed by atoms with E-state index in [1.54, 1.807) is 13.1 Å². The molecule has 2 amide bonds. The number of carbonyl (C=O) groups excluding carboxylic acids is 2. The summed E-state index contributed by atoms with van der Waals surface area (Å²) in [5, 5.41) is 20.0. The molecule has 0 bridgehead atoms. The highest BCUT2D eigenvalue weighted by atomic mass is 127. The van der Waals surface area contributed by atoms with Crippen LogP contribution in [0.3, 0.4) is 0 Å². The van der Waals surface area contributed by atoms with Gasteiger partial charge in [-0.3, -0.25) is 14.5 Å². The van der Waals surface area contributed by atoms with Gasteiger partial charge in [0.2, 0.25) is 11.8 Å². The number of phenols is 1. The number of hydrogen-bond donors (Lipinski definition) is 2. The molecule has 4 atom stereocenters. The maximum atomic E-state index is 12.7. The molecule has 0 radical (unpaired) electrons. The lowest BCUT2D eigenvalue weighted by Crippen LogP contribution is -2.34. The summed E-state index contributed by atoms with van der Waals surface area (Å²) in [5.74, 6) is -0.576. The molecule has 2 fully saturated rings. The van der Waals surface area contributed by atoms with Gasteiger partial charge >= 0.3 is 0 Å². The van der Waals surface area contributed by atoms with Gasteiger partial charge in [0, 0.05) is 13.0 Å². The van der Waals surface area contributed by atoms with Crippen LogP contribution in [-0.4, -0.2) is 60.4 Å². The van der Waals surface area contributed by atoms with E-state index in [1.165, 1.54) is 12.0 Å². The molecule has 7 nitrogen and oxygen atoms in total. The van der Waals surface area contributed by atoms with Gasteiger partial charge in [0.25, 0.3) is 0 Å². The Morgan fingerprint density at radius 2 is 2.06 bits per heavy atom. The molecule has 0 saturated carbocycles. The highest BCUT2D eigenvalue weighted by Gasteiger charge is 2.55. The predicted octanol–water partition coefficient (Wildman–Crippen LogP) is 3.13. The van der Waals surface area contributed by atoms with Crippen molar-refractivity contribution in [2.24, 2.45) is 17.8 Å². The molecule has 0 aromatic heterocycles. The number of carbonyl (C=O) groups is 2. The summed E-state index contributed by atoms with van der Waals surface area (Å²) in [6, 6.07) is 3.70. The van der Waals surface area contributed by atoms with Crippen LogP contribution in [0.1, 0.15) is 31.7 Å². The molecule has 2 aliphatic heterocycles.